The molecule has 1 fully saturated rings. The molecule has 7 heteroatoms. The number of nitrogens with one attached hydrogen (secondary N) is 1. The normalized spacial score (nSPS) is 21.0. The lowest BCUT2D eigenvalue weighted by molar-refractivity contribution is 0.200. The fourth-order valence-corrected chi connectivity index (χ4v) is 5.70. The molecular weight excluding hydrogens is 398 g/mol. The predicted molar refractivity (Wildman–Crippen MR) is 110 cm³/mol. The molecule has 28 heavy (non-hydrogen) atoms. The van der Waals surface area contributed by atoms with Gasteiger partial charge in [-0.3, -0.25) is 0 Å². The molecule has 5 nitrogen and oxygen atoms in total. The molecule has 0 radical (unpaired) electrons. The van der Waals surface area contributed by atoms with E-state index in [4.69, 9.17) is 26.2 Å². The van der Waals surface area contributed by atoms with Gasteiger partial charge in [-0.15, -0.1) is 11.3 Å². The molecule has 2 aliphatic carbocycles. The van der Waals surface area contributed by atoms with Crippen molar-refractivity contribution in [1.82, 2.24) is 5.32 Å². The SMILES string of the molecule is Cc1sc(OC(=O)NCc2ccc(OCCO)cc2Cl)c2c1[C@H]1[C@@H](C2)C1(C)C. The van der Waals surface area contributed by atoms with Crippen LogP contribution in [0.15, 0.2) is 18.2 Å². The van der Waals surface area contributed by atoms with Crippen molar-refractivity contribution in [3.63, 3.8) is 0 Å². The van der Waals surface area contributed by atoms with E-state index in [1.807, 2.05) is 0 Å². The molecule has 1 aromatic heterocycles. The van der Waals surface area contributed by atoms with Crippen LogP contribution in [0.25, 0.3) is 0 Å². The summed E-state index contributed by atoms with van der Waals surface area (Å²) in [5.74, 6) is 1.88. The number of ether oxygens (including phenoxy) is 2. The molecular formula is C21H24ClNO4S. The van der Waals surface area contributed by atoms with Gasteiger partial charge in [0.1, 0.15) is 12.4 Å². The standard InChI is InChI=1S/C21H24ClNO4S/c1-11-17-14(9-15-18(17)21(15,2)3)19(28-11)27-20(25)23-10-12-4-5-13(8-16(12)22)26-7-6-24/h4-5,8,15,18,24H,6-7,9-10H2,1-3H3,(H,23,25)/t15-,18-/m1/s1. The van der Waals surface area contributed by atoms with Crippen molar-refractivity contribution >= 4 is 29.0 Å². The highest BCUT2D eigenvalue weighted by atomic mass is 35.5. The summed E-state index contributed by atoms with van der Waals surface area (Å²) in [7, 11) is 0. The lowest BCUT2D eigenvalue weighted by Gasteiger charge is -2.11. The van der Waals surface area contributed by atoms with E-state index < -0.39 is 6.09 Å². The summed E-state index contributed by atoms with van der Waals surface area (Å²) >= 11 is 7.81. The second kappa shape index (κ2) is 7.25. The van der Waals surface area contributed by atoms with Gasteiger partial charge in [0.2, 0.25) is 0 Å². The molecule has 150 valence electrons. The minimum absolute atomic E-state index is 0.0579. The van der Waals surface area contributed by atoms with Crippen LogP contribution in [0.5, 0.6) is 10.8 Å². The third-order valence-electron chi connectivity index (χ3n) is 5.98. The Hall–Kier alpha value is -1.76. The van der Waals surface area contributed by atoms with Crippen molar-refractivity contribution in [2.75, 3.05) is 13.2 Å². The number of fused-ring (bicyclic) bond motifs is 3. The zero-order valence-electron chi connectivity index (χ0n) is 16.2. The van der Waals surface area contributed by atoms with E-state index in [0.29, 0.717) is 28.0 Å². The van der Waals surface area contributed by atoms with Crippen molar-refractivity contribution < 1.29 is 19.4 Å². The zero-order valence-corrected chi connectivity index (χ0v) is 17.7. The lowest BCUT2D eigenvalue weighted by atomic mass is 9.96. The summed E-state index contributed by atoms with van der Waals surface area (Å²) < 4.78 is 10.9. The van der Waals surface area contributed by atoms with Crippen LogP contribution in [0.3, 0.4) is 0 Å². The van der Waals surface area contributed by atoms with Crippen LogP contribution in [0.1, 0.15) is 41.3 Å². The highest BCUT2D eigenvalue weighted by Gasteiger charge is 2.63. The molecule has 2 aliphatic rings. The minimum Gasteiger partial charge on any atom is -0.491 e. The Bertz CT molecular complexity index is 923. The van der Waals surface area contributed by atoms with Crippen molar-refractivity contribution in [3.05, 3.63) is 44.8 Å². The van der Waals surface area contributed by atoms with E-state index in [9.17, 15) is 4.79 Å². The summed E-state index contributed by atoms with van der Waals surface area (Å²) in [4.78, 5) is 13.6. The van der Waals surface area contributed by atoms with E-state index in [2.05, 4.69) is 26.1 Å². The third kappa shape index (κ3) is 3.38. The number of aliphatic hydroxyl groups is 1. The van der Waals surface area contributed by atoms with Gasteiger partial charge in [-0.2, -0.15) is 0 Å². The van der Waals surface area contributed by atoms with Gasteiger partial charge >= 0.3 is 6.09 Å². The van der Waals surface area contributed by atoms with Gasteiger partial charge in [-0.25, -0.2) is 4.79 Å². The van der Waals surface area contributed by atoms with Gasteiger partial charge in [0.25, 0.3) is 0 Å². The number of benzene rings is 1. The van der Waals surface area contributed by atoms with E-state index in [1.165, 1.54) is 16.0 Å². The van der Waals surface area contributed by atoms with Crippen molar-refractivity contribution in [2.45, 2.75) is 39.7 Å². The molecule has 0 bridgehead atoms. The Morgan fingerprint density at radius 2 is 2.21 bits per heavy atom. The molecule has 2 N–H and O–H groups in total. The topological polar surface area (TPSA) is 67.8 Å². The van der Waals surface area contributed by atoms with Gasteiger partial charge in [0.15, 0.2) is 5.06 Å². The molecule has 0 spiro atoms. The van der Waals surface area contributed by atoms with Crippen molar-refractivity contribution in [1.29, 1.82) is 0 Å². The number of thiophene rings is 1. The molecule has 1 heterocycles. The maximum absolute atomic E-state index is 12.3. The van der Waals surface area contributed by atoms with Crippen LogP contribution in [-0.2, 0) is 13.0 Å². The first-order valence-corrected chi connectivity index (χ1v) is 10.6. The highest BCUT2D eigenvalue weighted by molar-refractivity contribution is 7.14. The Morgan fingerprint density at radius 3 is 2.93 bits per heavy atom. The van der Waals surface area contributed by atoms with E-state index in [1.54, 1.807) is 29.5 Å². The summed E-state index contributed by atoms with van der Waals surface area (Å²) in [6.07, 6.45) is 0.529. The Kier molecular flexibility index (Phi) is 5.06. The molecule has 1 amide bonds. The molecule has 0 unspecified atom stereocenters. The number of rotatable bonds is 6. The quantitative estimate of drug-likeness (QED) is 0.711. The van der Waals surface area contributed by atoms with Crippen molar-refractivity contribution in [2.24, 2.45) is 11.3 Å². The highest BCUT2D eigenvalue weighted by Crippen LogP contribution is 2.72. The fourth-order valence-electron chi connectivity index (χ4n) is 4.39. The first-order chi connectivity index (χ1) is 13.3. The summed E-state index contributed by atoms with van der Waals surface area (Å²) in [5.41, 5.74) is 3.77. The second-order valence-electron chi connectivity index (χ2n) is 8.02. The maximum atomic E-state index is 12.3. The van der Waals surface area contributed by atoms with Gasteiger partial charge in [-0.05, 0) is 53.9 Å². The van der Waals surface area contributed by atoms with E-state index >= 15 is 0 Å². The number of hydrogen-bond donors (Lipinski definition) is 2. The van der Waals surface area contributed by atoms with Crippen LogP contribution in [0, 0.1) is 18.3 Å². The number of halogens is 1. The van der Waals surface area contributed by atoms with Crippen LogP contribution in [-0.4, -0.2) is 24.4 Å². The number of carbonyl (C=O) groups is 1. The number of amides is 1. The lowest BCUT2D eigenvalue weighted by Crippen LogP contribution is -2.26. The molecule has 2 aromatic rings. The average Bonchev–Trinajstić information content (AvgIpc) is 2.97. The number of aryl methyl sites for hydroxylation is 1. The van der Waals surface area contributed by atoms with E-state index in [0.717, 1.165) is 17.0 Å². The van der Waals surface area contributed by atoms with Gasteiger partial charge in [-0.1, -0.05) is 31.5 Å². The minimum atomic E-state index is -0.472. The number of aliphatic hydroxyl groups excluding tert-OH is 1. The van der Waals surface area contributed by atoms with E-state index in [-0.39, 0.29) is 19.8 Å². The van der Waals surface area contributed by atoms with Gasteiger partial charge in [0.05, 0.1) is 6.61 Å². The summed E-state index contributed by atoms with van der Waals surface area (Å²) in [5, 5.41) is 12.8. The molecule has 1 saturated carbocycles. The molecule has 1 aromatic carbocycles. The maximum Gasteiger partial charge on any atom is 0.413 e. The summed E-state index contributed by atoms with van der Waals surface area (Å²) in [6, 6.07) is 5.22. The predicted octanol–water partition coefficient (Wildman–Crippen LogP) is 4.67. The van der Waals surface area contributed by atoms with Crippen LogP contribution < -0.4 is 14.8 Å². The van der Waals surface area contributed by atoms with Crippen LogP contribution in [0.2, 0.25) is 5.02 Å². The monoisotopic (exact) mass is 421 g/mol. The largest absolute Gasteiger partial charge is 0.491 e. The number of hydrogen-bond acceptors (Lipinski definition) is 5. The van der Waals surface area contributed by atoms with Gasteiger partial charge in [0, 0.05) is 22.0 Å². The first kappa shape index (κ1) is 19.6. The molecule has 0 saturated heterocycles. The van der Waals surface area contributed by atoms with Gasteiger partial charge < -0.3 is 19.9 Å². The average molecular weight is 422 g/mol. The molecule has 4 rings (SSSR count). The Labute approximate surface area is 173 Å². The summed E-state index contributed by atoms with van der Waals surface area (Å²) in [6.45, 7) is 7.17. The Balaban J connectivity index is 1.36. The number of carbonyl (C=O) groups excluding carboxylic acids is 1. The molecule has 2 atom stereocenters. The Morgan fingerprint density at radius 1 is 1.43 bits per heavy atom. The van der Waals surface area contributed by atoms with Crippen LogP contribution >= 0.6 is 22.9 Å². The van der Waals surface area contributed by atoms with Crippen molar-refractivity contribution in [3.8, 4) is 10.8 Å². The van der Waals surface area contributed by atoms with Crippen LogP contribution in [0.4, 0.5) is 4.79 Å². The fraction of sp³-hybridized carbons (Fsp3) is 0.476. The molecule has 0 aliphatic heterocycles. The smallest absolute Gasteiger partial charge is 0.413 e. The second-order valence-corrected chi connectivity index (χ2v) is 9.61. The zero-order chi connectivity index (χ0) is 20.1. The first-order valence-electron chi connectivity index (χ1n) is 9.42. The third-order valence-corrected chi connectivity index (χ3v) is 7.37.